The molecule has 3 radical (unpaired) electrons. The average Bonchev–Trinajstić information content (AvgIpc) is 3.30. The molecule has 0 aliphatic rings. The molecule has 40 heteroatoms. The molecule has 0 saturated heterocycles. The van der Waals surface area contributed by atoms with Crippen LogP contribution in [0.5, 0.6) is 34.5 Å². The predicted molar refractivity (Wildman–Crippen MR) is 233 cm³/mol. The van der Waals surface area contributed by atoms with Crippen LogP contribution in [0.1, 0.15) is 0 Å². The Hall–Kier alpha value is -1.75. The van der Waals surface area contributed by atoms with E-state index in [0.29, 0.717) is 36.4 Å². The zero-order valence-electron chi connectivity index (χ0n) is 41.5. The summed E-state index contributed by atoms with van der Waals surface area (Å²) in [6.07, 6.45) is 0. The van der Waals surface area contributed by atoms with Gasteiger partial charge in [0, 0.05) is 0 Å². The fourth-order valence-corrected chi connectivity index (χ4v) is 10.0. The van der Waals surface area contributed by atoms with Gasteiger partial charge in [-0.15, -0.1) is 15.3 Å². The number of nitrogens with zero attached hydrogens (tertiary/aromatic N) is 6. The van der Waals surface area contributed by atoms with Crippen LogP contribution in [0.4, 0.5) is 34.1 Å². The maximum Gasteiger partial charge on any atom is 2.00 e. The molecule has 0 saturated carbocycles. The molecule has 8 aromatic carbocycles. The van der Waals surface area contributed by atoms with Gasteiger partial charge in [-0.25, -0.2) is 42.1 Å². The van der Waals surface area contributed by atoms with Crippen LogP contribution in [0.2, 0.25) is 0 Å². The van der Waals surface area contributed by atoms with Gasteiger partial charge in [-0.2, -0.15) is 15.3 Å². The quantitative estimate of drug-likeness (QED) is 0.0622. The Bertz CT molecular complexity index is 4520. The summed E-state index contributed by atoms with van der Waals surface area (Å²) >= 11 is 0. The Balaban J connectivity index is 0.00000820. The molecule has 0 fully saturated rings. The van der Waals surface area contributed by atoms with Crippen molar-refractivity contribution >= 4 is 117 Å². The molecular weight excluding hydrogens is 1390 g/mol. The molecule has 0 spiro atoms. The monoisotopic (exact) mass is 1400 g/mol. The summed E-state index contributed by atoms with van der Waals surface area (Å²) in [5.74, 6) is -7.18. The summed E-state index contributed by atoms with van der Waals surface area (Å²) in [5.41, 5.74) is -5.23. The van der Waals surface area contributed by atoms with Crippen LogP contribution in [0.25, 0.3) is 43.4 Å². The standard InChI is InChI=1S/C42H28N6O21S5.3Cu.5Na/c49-31-13-18(1-8-28(31)43-46-36-33(72(61,62)63)15-20-11-22(70(55,56)57)3-5-24(20)40(36)52)19-2-9-29(32(50)14-19)44-47-38-35(74(67,68)69)17-27-26(42(38)54)7-10-30(39(27)51)45-48-37-34(73(64,65)66)16-21-12-23(71(58,59)60)4-6-25(21)41(37)53;;;;;;;;/h1-17,49-54H,(H,55,56,57)(H,58,59,60)(H,61,62,63)(H,64,65,66)(H,67,68,69);;;;;;;;/q;3*+2;5*+1/p-11. The van der Waals surface area contributed by atoms with Crippen LogP contribution >= 0.6 is 0 Å². The van der Waals surface area contributed by atoms with Gasteiger partial charge in [0.25, 0.3) is 0 Å². The van der Waals surface area contributed by atoms with Gasteiger partial charge >= 0.3 is 199 Å². The number of benzene rings is 8. The Morgan fingerprint density at radius 2 is 0.598 bits per heavy atom. The van der Waals surface area contributed by atoms with E-state index in [4.69, 9.17) is 0 Å². The van der Waals surface area contributed by atoms with Gasteiger partial charge in [0.05, 0.1) is 58.6 Å². The molecule has 409 valence electrons. The van der Waals surface area contributed by atoms with Crippen LogP contribution < -0.4 is 178 Å². The second-order valence-corrected chi connectivity index (χ2v) is 22.0. The van der Waals surface area contributed by atoms with Gasteiger partial charge in [-0.05, 0) is 104 Å². The third kappa shape index (κ3) is 17.3. The van der Waals surface area contributed by atoms with Gasteiger partial charge in [0.15, 0.2) is 0 Å². The second kappa shape index (κ2) is 30.4. The molecule has 0 aromatic heterocycles. The van der Waals surface area contributed by atoms with Gasteiger partial charge in [0.1, 0.15) is 50.6 Å². The van der Waals surface area contributed by atoms with E-state index < -0.39 is 171 Å². The van der Waals surface area contributed by atoms with Crippen molar-refractivity contribution in [1.82, 2.24) is 0 Å². The van der Waals surface area contributed by atoms with E-state index >= 15 is 0 Å². The van der Waals surface area contributed by atoms with E-state index in [1.807, 2.05) is 0 Å². The molecule has 0 bridgehead atoms. The SMILES string of the molecule is O=S(=O)([O-])c1ccc2c([O-])c(N=Nc3ccc(-c4ccc(N=Nc5c(S(=O)(=O)[O-])cc6c([O-])c(N=Nc7c(S(=O)(=O)[O-])cc8cc(S(=O)(=O)[O-])ccc8c7[O-])ccc6c5[O-])c([O-])c4)cc3[O-])c(S(=O)(=O)[O-])cc2c1.[Cu+2].[Cu+2].[Cu+2].[Na+].[Na+].[Na+].[Na+].[Na+]. The molecule has 0 unspecified atom stereocenters. The fourth-order valence-electron chi connectivity index (χ4n) is 7.11. The third-order valence-electron chi connectivity index (χ3n) is 10.6. The number of hydrogen-bond donors (Lipinski definition) is 0. The molecule has 0 aliphatic carbocycles. The summed E-state index contributed by atoms with van der Waals surface area (Å²) < 4.78 is 179. The maximum absolute atomic E-state index is 13.6. The predicted octanol–water partition coefficient (Wildman–Crippen LogP) is -12.0. The third-order valence-corrected chi connectivity index (χ3v) is 14.8. The summed E-state index contributed by atoms with van der Waals surface area (Å²) in [6, 6.07) is 13.9. The number of fused-ring (bicyclic) bond motifs is 3. The van der Waals surface area contributed by atoms with Crippen LogP contribution in [-0.4, -0.2) is 64.9 Å². The Morgan fingerprint density at radius 3 is 0.927 bits per heavy atom. The summed E-state index contributed by atoms with van der Waals surface area (Å²) in [5, 5.41) is 97.8. The minimum absolute atomic E-state index is 0. The zero-order chi connectivity index (χ0) is 54.2. The van der Waals surface area contributed by atoms with E-state index in [0.717, 1.165) is 54.6 Å². The number of rotatable bonds is 12. The van der Waals surface area contributed by atoms with Crippen molar-refractivity contribution in [2.75, 3.05) is 0 Å². The molecule has 0 aliphatic heterocycles. The van der Waals surface area contributed by atoms with Crippen LogP contribution in [0, 0.1) is 0 Å². The van der Waals surface area contributed by atoms with Crippen molar-refractivity contribution in [1.29, 1.82) is 0 Å². The van der Waals surface area contributed by atoms with Crippen molar-refractivity contribution in [3.63, 3.8) is 0 Å². The zero-order valence-corrected chi connectivity index (χ0v) is 58.4. The fraction of sp³-hybridized carbons (Fsp3) is 0. The summed E-state index contributed by atoms with van der Waals surface area (Å²) in [4.78, 5) is -5.74. The topological polar surface area (TPSA) is 499 Å². The molecule has 8 aromatic rings. The first-order chi connectivity index (χ1) is 34.3. The second-order valence-electron chi connectivity index (χ2n) is 15.2. The van der Waals surface area contributed by atoms with E-state index in [-0.39, 0.29) is 216 Å². The first kappa shape index (κ1) is 80.2. The average molecular weight is 1410 g/mol. The molecule has 82 heavy (non-hydrogen) atoms. The molecule has 0 heterocycles. The maximum atomic E-state index is 13.6. The van der Waals surface area contributed by atoms with Crippen molar-refractivity contribution in [3.05, 3.63) is 103 Å². The first-order valence-corrected chi connectivity index (χ1v) is 26.6. The van der Waals surface area contributed by atoms with Crippen LogP contribution in [0.3, 0.4) is 0 Å². The summed E-state index contributed by atoms with van der Waals surface area (Å²) in [6.45, 7) is 0. The first-order valence-electron chi connectivity index (χ1n) is 19.5. The summed E-state index contributed by atoms with van der Waals surface area (Å²) in [7, 11) is -27.0. The van der Waals surface area contributed by atoms with Crippen molar-refractivity contribution in [3.8, 4) is 45.6 Å². The van der Waals surface area contributed by atoms with Gasteiger partial charge in [0.2, 0.25) is 0 Å². The van der Waals surface area contributed by atoms with E-state index in [1.165, 1.54) is 12.1 Å². The van der Waals surface area contributed by atoms with Gasteiger partial charge in [-0.3, -0.25) is 0 Å². The Labute approximate surface area is 606 Å². The van der Waals surface area contributed by atoms with E-state index in [1.54, 1.807) is 0 Å². The smallest absolute Gasteiger partial charge is 0.871 e. The normalized spacial score (nSPS) is 11.8. The van der Waals surface area contributed by atoms with Gasteiger partial charge in [-0.1, -0.05) is 77.0 Å². The molecule has 0 amide bonds. The van der Waals surface area contributed by atoms with Crippen molar-refractivity contribution in [2.24, 2.45) is 30.7 Å². The van der Waals surface area contributed by atoms with Crippen molar-refractivity contribution in [2.45, 2.75) is 24.5 Å². The van der Waals surface area contributed by atoms with Crippen LogP contribution in [0.15, 0.2) is 158 Å². The van der Waals surface area contributed by atoms with Gasteiger partial charge < -0.3 is 53.4 Å². The number of hydrogen-bond acceptors (Lipinski definition) is 27. The number of azo groups is 3. The Morgan fingerprint density at radius 1 is 0.293 bits per heavy atom. The molecule has 0 atom stereocenters. The Kier molecular flexibility index (Phi) is 29.8. The minimum atomic E-state index is -5.71. The van der Waals surface area contributed by atoms with Crippen LogP contribution in [-0.2, 0) is 102 Å². The molecular formula is C42H17Cu3N6Na5O21S5. The largest absolute Gasteiger partial charge is 2.00 e. The van der Waals surface area contributed by atoms with E-state index in [2.05, 4.69) is 30.7 Å². The molecule has 8 rings (SSSR count). The molecule has 27 nitrogen and oxygen atoms in total. The minimum Gasteiger partial charge on any atom is -0.871 e. The van der Waals surface area contributed by atoms with Crippen molar-refractivity contribution < 1.29 is 294 Å². The van der Waals surface area contributed by atoms with E-state index in [9.17, 15) is 95.5 Å². The molecule has 0 N–H and O–H groups in total.